The van der Waals surface area contributed by atoms with Crippen LogP contribution >= 0.6 is 0 Å². The van der Waals surface area contributed by atoms with E-state index in [9.17, 15) is 4.79 Å². The lowest BCUT2D eigenvalue weighted by molar-refractivity contribution is -0.121. The first-order chi connectivity index (χ1) is 9.29. The molecule has 0 unspecified atom stereocenters. The molecule has 0 heterocycles. The van der Waals surface area contributed by atoms with Gasteiger partial charge >= 0.3 is 0 Å². The van der Waals surface area contributed by atoms with E-state index >= 15 is 0 Å². The molecule has 0 N–H and O–H groups in total. The summed E-state index contributed by atoms with van der Waals surface area (Å²) >= 11 is 0. The first kappa shape index (κ1) is 11.0. The van der Waals surface area contributed by atoms with Gasteiger partial charge in [-0.1, -0.05) is 54.6 Å². The van der Waals surface area contributed by atoms with Crippen molar-refractivity contribution in [3.05, 3.63) is 71.3 Å². The fourth-order valence-corrected chi connectivity index (χ4v) is 4.10. The normalized spacial score (nSPS) is 28.2. The first-order valence-corrected chi connectivity index (χ1v) is 6.96. The highest BCUT2D eigenvalue weighted by atomic mass is 16.1. The van der Waals surface area contributed by atoms with Crippen molar-refractivity contribution < 1.29 is 4.79 Å². The smallest absolute Gasteiger partial charge is 0.134 e. The Morgan fingerprint density at radius 2 is 1.68 bits per heavy atom. The van der Waals surface area contributed by atoms with Gasteiger partial charge in [-0.25, -0.2) is 0 Å². The minimum absolute atomic E-state index is 0.0577. The predicted octanol–water partition coefficient (Wildman–Crippen LogP) is 3.82. The minimum Gasteiger partial charge on any atom is -0.300 e. The summed E-state index contributed by atoms with van der Waals surface area (Å²) in [6.45, 7) is 0. The van der Waals surface area contributed by atoms with E-state index in [4.69, 9.17) is 0 Å². The third-order valence-corrected chi connectivity index (χ3v) is 4.81. The maximum atomic E-state index is 12.2. The van der Waals surface area contributed by atoms with E-state index in [0.29, 0.717) is 18.1 Å². The summed E-state index contributed by atoms with van der Waals surface area (Å²) in [6.07, 6.45) is 2.50. The van der Waals surface area contributed by atoms with E-state index in [1.54, 1.807) is 0 Å². The number of hydrogen-bond acceptors (Lipinski definition) is 1. The van der Waals surface area contributed by atoms with Crippen LogP contribution in [0.3, 0.4) is 0 Å². The Labute approximate surface area is 113 Å². The minimum atomic E-state index is -0.0577. The summed E-state index contributed by atoms with van der Waals surface area (Å²) in [5.74, 6) is 0.842. The van der Waals surface area contributed by atoms with Crippen molar-refractivity contribution in [3.8, 4) is 0 Å². The van der Waals surface area contributed by atoms with Crippen LogP contribution in [0.2, 0.25) is 0 Å². The van der Waals surface area contributed by atoms with Crippen LogP contribution in [-0.4, -0.2) is 5.78 Å². The number of rotatable bonds is 1. The maximum Gasteiger partial charge on any atom is 0.134 e. The van der Waals surface area contributed by atoms with Crippen LogP contribution in [0.4, 0.5) is 0 Å². The van der Waals surface area contributed by atoms with Crippen LogP contribution in [0.1, 0.15) is 41.9 Å². The zero-order valence-corrected chi connectivity index (χ0v) is 10.8. The molecule has 2 bridgehead atoms. The molecular weight excluding hydrogens is 232 g/mol. The summed E-state index contributed by atoms with van der Waals surface area (Å²) in [7, 11) is 0. The summed E-state index contributed by atoms with van der Waals surface area (Å²) in [4.78, 5) is 12.2. The summed E-state index contributed by atoms with van der Waals surface area (Å²) in [5, 5.41) is 0. The first-order valence-electron chi connectivity index (χ1n) is 6.96. The van der Waals surface area contributed by atoms with Gasteiger partial charge in [-0.15, -0.1) is 0 Å². The number of ketones is 1. The van der Waals surface area contributed by atoms with Gasteiger partial charge in [-0.2, -0.15) is 0 Å². The highest BCUT2D eigenvalue weighted by molar-refractivity contribution is 5.85. The van der Waals surface area contributed by atoms with Crippen molar-refractivity contribution in [2.24, 2.45) is 0 Å². The molecule has 2 aliphatic carbocycles. The zero-order chi connectivity index (χ0) is 12.9. The second-order valence-electron chi connectivity index (χ2n) is 5.86. The van der Waals surface area contributed by atoms with Gasteiger partial charge in [0, 0.05) is 18.3 Å². The zero-order valence-electron chi connectivity index (χ0n) is 10.8. The van der Waals surface area contributed by atoms with E-state index in [-0.39, 0.29) is 5.41 Å². The third kappa shape index (κ3) is 1.45. The molecule has 94 valence electrons. The Hall–Kier alpha value is -1.89. The molecule has 2 atom stereocenters. The fraction of sp³-hybridized carbons (Fsp3) is 0.278. The maximum absolute atomic E-state index is 12.2. The molecule has 2 aromatic rings. The summed E-state index contributed by atoms with van der Waals surface area (Å²) < 4.78 is 0. The number of Topliss-reactive ketones (excluding diaryl/α,β-unsaturated/α-hetero) is 1. The van der Waals surface area contributed by atoms with Crippen LogP contribution < -0.4 is 0 Å². The monoisotopic (exact) mass is 248 g/mol. The molecule has 0 radical (unpaired) electrons. The van der Waals surface area contributed by atoms with Gasteiger partial charge in [0.2, 0.25) is 0 Å². The third-order valence-electron chi connectivity index (χ3n) is 4.81. The largest absolute Gasteiger partial charge is 0.300 e. The Morgan fingerprint density at radius 3 is 2.53 bits per heavy atom. The van der Waals surface area contributed by atoms with Gasteiger partial charge < -0.3 is 0 Å². The molecule has 1 heteroatoms. The second kappa shape index (κ2) is 3.80. The molecule has 0 amide bonds. The summed E-state index contributed by atoms with van der Waals surface area (Å²) in [6, 6.07) is 19.2. The van der Waals surface area contributed by atoms with Crippen molar-refractivity contribution in [2.45, 2.75) is 30.6 Å². The van der Waals surface area contributed by atoms with Gasteiger partial charge in [0.15, 0.2) is 0 Å². The fourth-order valence-electron chi connectivity index (χ4n) is 4.10. The lowest BCUT2D eigenvalue weighted by atomic mass is 9.68. The molecule has 1 saturated carbocycles. The van der Waals surface area contributed by atoms with Crippen molar-refractivity contribution in [3.63, 3.8) is 0 Å². The molecule has 1 nitrogen and oxygen atoms in total. The van der Waals surface area contributed by atoms with Crippen LogP contribution in [-0.2, 0) is 10.2 Å². The molecular formula is C18H16O. The number of fused-ring (bicyclic) bond motifs is 5. The van der Waals surface area contributed by atoms with Crippen molar-refractivity contribution in [1.82, 2.24) is 0 Å². The topological polar surface area (TPSA) is 17.1 Å². The molecule has 0 spiro atoms. The highest BCUT2D eigenvalue weighted by Gasteiger charge is 2.49. The number of carbonyl (C=O) groups excluding carboxylic acids is 1. The van der Waals surface area contributed by atoms with Crippen LogP contribution in [0.5, 0.6) is 0 Å². The standard InChI is InChI=1S/C18H16O/c19-15-10-13-11-18(12-15,14-6-2-1-3-7-14)17-9-5-4-8-16(13)17/h1-9,13H,10-12H2/t13-,18-/m1/s1. The van der Waals surface area contributed by atoms with Crippen LogP contribution in [0.15, 0.2) is 54.6 Å². The lowest BCUT2D eigenvalue weighted by Gasteiger charge is -2.34. The average Bonchev–Trinajstić information content (AvgIpc) is 2.70. The SMILES string of the molecule is O=C1C[C@@H]2C[C@](c3ccccc3)(C1)c1ccccc12. The predicted molar refractivity (Wildman–Crippen MR) is 75.3 cm³/mol. The molecule has 0 aromatic heterocycles. The van der Waals surface area contributed by atoms with E-state index in [2.05, 4.69) is 48.5 Å². The van der Waals surface area contributed by atoms with E-state index < -0.39 is 0 Å². The van der Waals surface area contributed by atoms with Gasteiger partial charge in [0.05, 0.1) is 0 Å². The summed E-state index contributed by atoms with van der Waals surface area (Å²) in [5.41, 5.74) is 4.03. The molecule has 1 fully saturated rings. The van der Waals surface area contributed by atoms with E-state index in [1.807, 2.05) is 6.07 Å². The molecule has 2 aliphatic rings. The molecule has 4 rings (SSSR count). The number of hydrogen-bond donors (Lipinski definition) is 0. The lowest BCUT2D eigenvalue weighted by Crippen LogP contribution is -2.31. The van der Waals surface area contributed by atoms with Crippen LogP contribution in [0.25, 0.3) is 0 Å². The molecule has 0 aliphatic heterocycles. The second-order valence-corrected chi connectivity index (χ2v) is 5.86. The van der Waals surface area contributed by atoms with Gasteiger partial charge in [-0.3, -0.25) is 4.79 Å². The number of carbonyl (C=O) groups is 1. The molecule has 2 aromatic carbocycles. The van der Waals surface area contributed by atoms with E-state index in [1.165, 1.54) is 16.7 Å². The Morgan fingerprint density at radius 1 is 0.947 bits per heavy atom. The van der Waals surface area contributed by atoms with Crippen molar-refractivity contribution in [1.29, 1.82) is 0 Å². The average molecular weight is 248 g/mol. The Bertz CT molecular complexity index is 644. The van der Waals surface area contributed by atoms with Gasteiger partial charge in [-0.05, 0) is 29.0 Å². The van der Waals surface area contributed by atoms with Crippen molar-refractivity contribution >= 4 is 5.78 Å². The van der Waals surface area contributed by atoms with Crippen molar-refractivity contribution in [2.75, 3.05) is 0 Å². The Balaban J connectivity index is 1.98. The molecule has 0 saturated heterocycles. The Kier molecular flexibility index (Phi) is 2.20. The van der Waals surface area contributed by atoms with E-state index in [0.717, 1.165) is 12.8 Å². The number of benzene rings is 2. The van der Waals surface area contributed by atoms with Gasteiger partial charge in [0.1, 0.15) is 5.78 Å². The van der Waals surface area contributed by atoms with Crippen LogP contribution in [0, 0.1) is 0 Å². The van der Waals surface area contributed by atoms with Gasteiger partial charge in [0.25, 0.3) is 0 Å². The molecule has 19 heavy (non-hydrogen) atoms. The quantitative estimate of drug-likeness (QED) is 0.749. The highest BCUT2D eigenvalue weighted by Crippen LogP contribution is 2.56.